The molecule has 0 radical (unpaired) electrons. The number of benzene rings is 4. The van der Waals surface area contributed by atoms with Crippen LogP contribution in [0.15, 0.2) is 78.9 Å². The summed E-state index contributed by atoms with van der Waals surface area (Å²) in [6.07, 6.45) is 1.02. The Morgan fingerprint density at radius 2 is 1.61 bits per heavy atom. The third kappa shape index (κ3) is 9.11. The van der Waals surface area contributed by atoms with Crippen molar-refractivity contribution in [2.24, 2.45) is 5.92 Å². The van der Waals surface area contributed by atoms with Gasteiger partial charge in [0.05, 0.1) is 18.7 Å². The molecule has 8 rings (SSSR count). The number of hydrogen-bond donors (Lipinski definition) is 5. The summed E-state index contributed by atoms with van der Waals surface area (Å²) in [5.74, 6) is 0.844. The van der Waals surface area contributed by atoms with Gasteiger partial charge >= 0.3 is 6.09 Å². The second kappa shape index (κ2) is 18.6. The van der Waals surface area contributed by atoms with Crippen molar-refractivity contribution >= 4 is 35.4 Å². The van der Waals surface area contributed by atoms with Gasteiger partial charge in [0.25, 0.3) is 11.8 Å². The predicted octanol–water partition coefficient (Wildman–Crippen LogP) is 6.23. The van der Waals surface area contributed by atoms with E-state index >= 15 is 0 Å². The van der Waals surface area contributed by atoms with Crippen molar-refractivity contribution < 1.29 is 43.7 Å². The van der Waals surface area contributed by atoms with Crippen LogP contribution in [0.4, 0.5) is 10.5 Å². The summed E-state index contributed by atoms with van der Waals surface area (Å²) >= 11 is 0. The van der Waals surface area contributed by atoms with Crippen LogP contribution in [0.2, 0.25) is 0 Å². The molecule has 2 fully saturated rings. The molecule has 17 nitrogen and oxygen atoms in total. The molecule has 1 atom stereocenters. The number of anilines is 1. The van der Waals surface area contributed by atoms with E-state index in [1.54, 1.807) is 53.4 Å². The van der Waals surface area contributed by atoms with Crippen LogP contribution >= 0.6 is 0 Å². The first-order valence-electron chi connectivity index (χ1n) is 21.5. The number of amides is 5. The van der Waals surface area contributed by atoms with Crippen LogP contribution in [0.5, 0.6) is 23.0 Å². The fourth-order valence-corrected chi connectivity index (χ4v) is 8.34. The third-order valence-corrected chi connectivity index (χ3v) is 11.9. The molecule has 17 heteroatoms. The Kier molecular flexibility index (Phi) is 12.6. The number of carbonyl (C=O) groups excluding carboxylic acids is 5. The Morgan fingerprint density at radius 1 is 0.891 bits per heavy atom. The molecular formula is C47H50N8O9. The second-order valence-electron chi connectivity index (χ2n) is 16.4. The number of ether oxygens (including phenoxy) is 2. The van der Waals surface area contributed by atoms with Gasteiger partial charge in [-0.2, -0.15) is 0 Å². The number of fused-ring (bicyclic) bond motifs is 1. The van der Waals surface area contributed by atoms with Crippen LogP contribution in [-0.2, 0) is 27.4 Å². The number of aromatic nitrogens is 3. The van der Waals surface area contributed by atoms with Crippen LogP contribution < -0.4 is 20.7 Å². The number of phenolic OH excluding ortho intramolecular Hbond substituents is 2. The normalized spacial score (nSPS) is 16.5. The topological polar surface area (TPSA) is 218 Å². The van der Waals surface area contributed by atoms with E-state index in [2.05, 4.69) is 26.1 Å². The van der Waals surface area contributed by atoms with Crippen molar-refractivity contribution in [3.05, 3.63) is 107 Å². The first kappa shape index (κ1) is 43.4. The summed E-state index contributed by atoms with van der Waals surface area (Å²) in [6, 6.07) is 21.6. The fourth-order valence-electron chi connectivity index (χ4n) is 8.34. The summed E-state index contributed by atoms with van der Waals surface area (Å²) in [5.41, 5.74) is 3.78. The molecule has 4 aromatic carbocycles. The van der Waals surface area contributed by atoms with Gasteiger partial charge < -0.3 is 34.8 Å². The molecule has 0 aliphatic carbocycles. The van der Waals surface area contributed by atoms with Crippen LogP contribution in [0.3, 0.4) is 0 Å². The van der Waals surface area contributed by atoms with Crippen LogP contribution in [0, 0.1) is 5.92 Å². The maximum Gasteiger partial charge on any atom is 0.411 e. The minimum atomic E-state index is -0.763. The predicted molar refractivity (Wildman–Crippen MR) is 234 cm³/mol. The Morgan fingerprint density at radius 3 is 2.30 bits per heavy atom. The quantitative estimate of drug-likeness (QED) is 0.0832. The lowest BCUT2D eigenvalue weighted by Gasteiger charge is -2.31. The van der Waals surface area contributed by atoms with Gasteiger partial charge in [-0.05, 0) is 110 Å². The highest BCUT2D eigenvalue weighted by molar-refractivity contribution is 6.06. The molecule has 1 unspecified atom stereocenters. The lowest BCUT2D eigenvalue weighted by atomic mass is 9.97. The van der Waals surface area contributed by atoms with Crippen molar-refractivity contribution in [2.45, 2.75) is 71.5 Å². The van der Waals surface area contributed by atoms with Gasteiger partial charge in [0.2, 0.25) is 11.8 Å². The zero-order chi connectivity index (χ0) is 45.1. The van der Waals surface area contributed by atoms with E-state index < -0.39 is 18.0 Å². The molecule has 1 aromatic heterocycles. The molecule has 5 N–H and O–H groups in total. The van der Waals surface area contributed by atoms with Crippen LogP contribution in [0.1, 0.15) is 90.0 Å². The van der Waals surface area contributed by atoms with Gasteiger partial charge in [-0.15, -0.1) is 10.2 Å². The standard InChI is InChI=1S/C47H50N8O9/c1-4-48-24-41-51-52-43(35-22-34(27(2)3)39(56)23-40(35)57)55(41)30-10-14-32(15-11-30)64-31-12-8-29(9-13-31)45(60)53-20-18-28(19-21-53)26-63-47(62)49-37-7-5-6-33-36(37)25-54(46(33)61)38-16-17-42(58)50-44(38)59/h5-15,22-23,27-28,38,48,56-57H,4,16-21,24-26H2,1-3H3,(H,49,62)(H,50,58,59). The minimum Gasteiger partial charge on any atom is -0.508 e. The largest absolute Gasteiger partial charge is 0.508 e. The highest BCUT2D eigenvalue weighted by Crippen LogP contribution is 2.39. The molecule has 0 spiro atoms. The lowest BCUT2D eigenvalue weighted by Crippen LogP contribution is -2.52. The van der Waals surface area contributed by atoms with Crippen molar-refractivity contribution in [1.82, 2.24) is 35.2 Å². The molecule has 64 heavy (non-hydrogen) atoms. The Bertz CT molecular complexity index is 2580. The third-order valence-electron chi connectivity index (χ3n) is 11.9. The number of carbonyl (C=O) groups is 5. The van der Waals surface area contributed by atoms with E-state index in [0.717, 1.165) is 12.2 Å². The van der Waals surface area contributed by atoms with Crippen molar-refractivity contribution in [3.8, 4) is 40.1 Å². The first-order chi connectivity index (χ1) is 30.9. The zero-order valence-corrected chi connectivity index (χ0v) is 35.8. The van der Waals surface area contributed by atoms with Gasteiger partial charge in [-0.25, -0.2) is 4.79 Å². The van der Waals surface area contributed by atoms with Gasteiger partial charge in [0.1, 0.15) is 29.0 Å². The second-order valence-corrected chi connectivity index (χ2v) is 16.4. The van der Waals surface area contributed by atoms with Gasteiger partial charge in [0, 0.05) is 60.2 Å². The highest BCUT2D eigenvalue weighted by Gasteiger charge is 2.40. The summed E-state index contributed by atoms with van der Waals surface area (Å²) in [7, 11) is 0. The van der Waals surface area contributed by atoms with Crippen molar-refractivity contribution in [3.63, 3.8) is 0 Å². The monoisotopic (exact) mass is 870 g/mol. The van der Waals surface area contributed by atoms with E-state index in [0.29, 0.717) is 89.1 Å². The highest BCUT2D eigenvalue weighted by atomic mass is 16.5. The molecule has 4 heterocycles. The van der Waals surface area contributed by atoms with Gasteiger partial charge in [0.15, 0.2) is 11.6 Å². The average Bonchev–Trinajstić information content (AvgIpc) is 3.86. The molecule has 332 valence electrons. The molecule has 0 saturated carbocycles. The van der Waals surface area contributed by atoms with Crippen molar-refractivity contribution in [2.75, 3.05) is 31.6 Å². The number of likely N-dealkylation sites (tertiary alicyclic amines) is 1. The number of piperidine rings is 2. The lowest BCUT2D eigenvalue weighted by molar-refractivity contribution is -0.136. The SMILES string of the molecule is CCNCc1nnc(-c2cc(C(C)C)c(O)cc2O)n1-c1ccc(Oc2ccc(C(=O)N3CCC(COC(=O)Nc4cccc5c4CN(C4CCC(=O)NC4=O)C5=O)CC3)cc2)cc1. The number of hydrogen-bond acceptors (Lipinski definition) is 12. The van der Waals surface area contributed by atoms with Crippen molar-refractivity contribution in [1.29, 1.82) is 0 Å². The molecular weight excluding hydrogens is 821 g/mol. The number of aromatic hydroxyl groups is 2. The maximum atomic E-state index is 13.5. The number of rotatable bonds is 13. The van der Waals surface area contributed by atoms with E-state index in [9.17, 15) is 34.2 Å². The molecule has 3 aliphatic rings. The van der Waals surface area contributed by atoms with E-state index in [4.69, 9.17) is 9.47 Å². The summed E-state index contributed by atoms with van der Waals surface area (Å²) in [4.78, 5) is 66.8. The van der Waals surface area contributed by atoms with Crippen LogP contribution in [-0.4, -0.2) is 96.8 Å². The van der Waals surface area contributed by atoms with Crippen LogP contribution in [0.25, 0.3) is 17.1 Å². The number of phenols is 2. The van der Waals surface area contributed by atoms with E-state index in [1.165, 1.54) is 11.0 Å². The first-order valence-corrected chi connectivity index (χ1v) is 21.5. The molecule has 5 amide bonds. The summed E-state index contributed by atoms with van der Waals surface area (Å²) < 4.78 is 13.6. The Labute approximate surface area is 369 Å². The molecule has 3 aliphatic heterocycles. The summed E-state index contributed by atoms with van der Waals surface area (Å²) in [6.45, 7) is 8.36. The number of nitrogens with one attached hydrogen (secondary N) is 3. The van der Waals surface area contributed by atoms with Gasteiger partial charge in [-0.3, -0.25) is 34.4 Å². The number of nitrogens with zero attached hydrogens (tertiary/aromatic N) is 5. The smallest absolute Gasteiger partial charge is 0.411 e. The Balaban J connectivity index is 0.831. The van der Waals surface area contributed by atoms with Gasteiger partial charge in [-0.1, -0.05) is 26.8 Å². The molecule has 5 aromatic rings. The summed E-state index contributed by atoms with van der Waals surface area (Å²) in [5, 5.41) is 38.5. The van der Waals surface area contributed by atoms with E-state index in [1.807, 2.05) is 49.6 Å². The minimum absolute atomic E-state index is 0.0131. The number of imide groups is 1. The Hall–Kier alpha value is -7.27. The van der Waals surface area contributed by atoms with E-state index in [-0.39, 0.29) is 67.0 Å². The maximum absolute atomic E-state index is 13.5. The average molecular weight is 871 g/mol. The fraction of sp³-hybridized carbons (Fsp3) is 0.340. The molecule has 2 saturated heterocycles. The molecule has 0 bridgehead atoms. The zero-order valence-electron chi connectivity index (χ0n) is 35.8.